The van der Waals surface area contributed by atoms with E-state index in [4.69, 9.17) is 10.5 Å². The molecule has 2 aromatic carbocycles. The van der Waals surface area contributed by atoms with Crippen LogP contribution in [0.1, 0.15) is 54.5 Å². The van der Waals surface area contributed by atoms with Crippen LogP contribution in [0.25, 0.3) is 22.5 Å². The Morgan fingerprint density at radius 1 is 1.13 bits per heavy atom. The van der Waals surface area contributed by atoms with Gasteiger partial charge in [-0.05, 0) is 55.7 Å². The topological polar surface area (TPSA) is 108 Å². The minimum atomic E-state index is -0.548. The quantitative estimate of drug-likeness (QED) is 0.292. The molecule has 0 unspecified atom stereocenters. The average Bonchev–Trinajstić information content (AvgIpc) is 3.50. The van der Waals surface area contributed by atoms with Crippen molar-refractivity contribution in [2.45, 2.75) is 46.5 Å². The maximum Gasteiger partial charge on any atom is 0.274 e. The number of aryl methyl sites for hydroxylation is 2. The van der Waals surface area contributed by atoms with Crippen LogP contribution in [-0.2, 0) is 7.05 Å². The van der Waals surface area contributed by atoms with Crippen LogP contribution < -0.4 is 15.8 Å². The first-order valence-corrected chi connectivity index (χ1v) is 13.1. The second kappa shape index (κ2) is 12.1. The summed E-state index contributed by atoms with van der Waals surface area (Å²) in [4.78, 5) is 21.2. The van der Waals surface area contributed by atoms with Crippen LogP contribution in [-0.4, -0.2) is 32.8 Å². The van der Waals surface area contributed by atoms with Gasteiger partial charge in [0.25, 0.3) is 5.91 Å². The van der Waals surface area contributed by atoms with Gasteiger partial charge in [-0.1, -0.05) is 44.7 Å². The van der Waals surface area contributed by atoms with Crippen molar-refractivity contribution in [3.63, 3.8) is 0 Å². The van der Waals surface area contributed by atoms with E-state index in [-0.39, 0.29) is 22.8 Å². The van der Waals surface area contributed by atoms with Crippen molar-refractivity contribution in [1.82, 2.24) is 19.7 Å². The maximum atomic E-state index is 14.4. The molecular formula is C30H35FN6O2. The summed E-state index contributed by atoms with van der Waals surface area (Å²) in [6.07, 6.45) is 7.34. The summed E-state index contributed by atoms with van der Waals surface area (Å²) in [6, 6.07) is 11.2. The van der Waals surface area contributed by atoms with Crippen molar-refractivity contribution in [3.8, 4) is 28.3 Å². The number of amides is 1. The Labute approximate surface area is 228 Å². The van der Waals surface area contributed by atoms with Crippen molar-refractivity contribution in [1.29, 1.82) is 0 Å². The monoisotopic (exact) mass is 530 g/mol. The fourth-order valence-electron chi connectivity index (χ4n) is 4.84. The molecule has 0 spiro atoms. The molecule has 1 fully saturated rings. The molecule has 1 amide bonds. The van der Waals surface area contributed by atoms with Gasteiger partial charge in [0, 0.05) is 24.5 Å². The first-order chi connectivity index (χ1) is 18.7. The summed E-state index contributed by atoms with van der Waals surface area (Å²) < 4.78 is 21.4. The van der Waals surface area contributed by atoms with Crippen LogP contribution in [0.15, 0.2) is 48.7 Å². The standard InChI is InChI=1S/C24H23FN6O2.C6H12/c1-13-21(14(2)31(3)30-13)15-8-9-18(17(26)12-15)29-24(32)19-10-11-27-23(28-19)22-16(25)6-5-7-20(22)33-4;1-6-4-2-3-5-6/h5-12H,26H2,1-4H3,(H,29,32);6H,2-5H2,1H3. The third-order valence-corrected chi connectivity index (χ3v) is 7.05. The number of aromatic nitrogens is 4. The number of nitrogen functional groups attached to an aromatic ring is 1. The first-order valence-electron chi connectivity index (χ1n) is 13.1. The predicted octanol–water partition coefficient (Wildman–Crippen LogP) is 6.34. The Morgan fingerprint density at radius 2 is 1.87 bits per heavy atom. The van der Waals surface area contributed by atoms with E-state index in [1.54, 1.807) is 18.2 Å². The average molecular weight is 531 g/mol. The zero-order chi connectivity index (χ0) is 28.1. The van der Waals surface area contributed by atoms with E-state index in [9.17, 15) is 9.18 Å². The molecule has 0 aliphatic heterocycles. The number of hydrogen-bond acceptors (Lipinski definition) is 6. The molecule has 8 nitrogen and oxygen atoms in total. The van der Waals surface area contributed by atoms with Gasteiger partial charge < -0.3 is 15.8 Å². The molecule has 39 heavy (non-hydrogen) atoms. The predicted molar refractivity (Wildman–Crippen MR) is 152 cm³/mol. The normalized spacial score (nSPS) is 13.1. The van der Waals surface area contributed by atoms with E-state index in [0.29, 0.717) is 11.4 Å². The van der Waals surface area contributed by atoms with Gasteiger partial charge >= 0.3 is 0 Å². The third kappa shape index (κ3) is 6.25. The van der Waals surface area contributed by atoms with Crippen molar-refractivity contribution in [2.24, 2.45) is 13.0 Å². The van der Waals surface area contributed by atoms with E-state index in [2.05, 4.69) is 27.3 Å². The number of ether oxygens (including phenoxy) is 1. The lowest BCUT2D eigenvalue weighted by Crippen LogP contribution is -2.15. The molecule has 5 rings (SSSR count). The maximum absolute atomic E-state index is 14.4. The minimum Gasteiger partial charge on any atom is -0.496 e. The van der Waals surface area contributed by atoms with Gasteiger partial charge in [-0.15, -0.1) is 0 Å². The van der Waals surface area contributed by atoms with Gasteiger partial charge in [0.2, 0.25) is 0 Å². The van der Waals surface area contributed by atoms with Crippen LogP contribution in [0.4, 0.5) is 15.8 Å². The number of carbonyl (C=O) groups excluding carboxylic acids is 1. The number of hydrogen-bond donors (Lipinski definition) is 2. The molecule has 1 aliphatic carbocycles. The van der Waals surface area contributed by atoms with Crippen molar-refractivity contribution >= 4 is 17.3 Å². The zero-order valence-corrected chi connectivity index (χ0v) is 23.1. The lowest BCUT2D eigenvalue weighted by atomic mass is 10.0. The molecule has 1 aliphatic rings. The second-order valence-corrected chi connectivity index (χ2v) is 9.90. The van der Waals surface area contributed by atoms with E-state index < -0.39 is 11.7 Å². The van der Waals surface area contributed by atoms with Gasteiger partial charge in [0.15, 0.2) is 5.82 Å². The highest BCUT2D eigenvalue weighted by Gasteiger charge is 2.18. The fourth-order valence-corrected chi connectivity index (χ4v) is 4.84. The highest BCUT2D eigenvalue weighted by Crippen LogP contribution is 2.32. The van der Waals surface area contributed by atoms with Crippen LogP contribution in [0.3, 0.4) is 0 Å². The number of rotatable bonds is 5. The molecular weight excluding hydrogens is 495 g/mol. The molecule has 1 saturated carbocycles. The van der Waals surface area contributed by atoms with Crippen molar-refractivity contribution in [2.75, 3.05) is 18.2 Å². The van der Waals surface area contributed by atoms with Crippen molar-refractivity contribution < 1.29 is 13.9 Å². The molecule has 0 bridgehead atoms. The molecule has 4 aromatic rings. The highest BCUT2D eigenvalue weighted by atomic mass is 19.1. The van der Waals surface area contributed by atoms with E-state index in [1.165, 1.54) is 57.2 Å². The Kier molecular flexibility index (Phi) is 8.59. The van der Waals surface area contributed by atoms with Crippen LogP contribution >= 0.6 is 0 Å². The number of methoxy groups -OCH3 is 1. The molecule has 2 heterocycles. The number of carbonyl (C=O) groups is 1. The van der Waals surface area contributed by atoms with Gasteiger partial charge in [-0.25, -0.2) is 14.4 Å². The van der Waals surface area contributed by atoms with Gasteiger partial charge in [-0.3, -0.25) is 9.48 Å². The minimum absolute atomic E-state index is 0.0449. The number of nitrogens with one attached hydrogen (secondary N) is 1. The third-order valence-electron chi connectivity index (χ3n) is 7.05. The number of nitrogens with two attached hydrogens (primary N) is 1. The Morgan fingerprint density at radius 3 is 2.46 bits per heavy atom. The summed E-state index contributed by atoms with van der Waals surface area (Å²) in [5.74, 6) is 0.316. The molecule has 3 N–H and O–H groups in total. The smallest absolute Gasteiger partial charge is 0.274 e. The molecule has 0 atom stereocenters. The Bertz CT molecular complexity index is 1480. The molecule has 0 saturated heterocycles. The molecule has 0 radical (unpaired) electrons. The van der Waals surface area contributed by atoms with Crippen LogP contribution in [0.2, 0.25) is 0 Å². The van der Waals surface area contributed by atoms with Gasteiger partial charge in [0.05, 0.1) is 29.7 Å². The largest absolute Gasteiger partial charge is 0.496 e. The van der Waals surface area contributed by atoms with E-state index in [1.807, 2.05) is 31.6 Å². The summed E-state index contributed by atoms with van der Waals surface area (Å²) >= 11 is 0. The number of anilines is 2. The van der Waals surface area contributed by atoms with Crippen LogP contribution in [0.5, 0.6) is 5.75 Å². The first kappa shape index (κ1) is 27.8. The van der Waals surface area contributed by atoms with Gasteiger partial charge in [0.1, 0.15) is 17.3 Å². The number of halogens is 1. The molecule has 2 aromatic heterocycles. The van der Waals surface area contributed by atoms with E-state index in [0.717, 1.165) is 28.4 Å². The Balaban J connectivity index is 0.000000519. The highest BCUT2D eigenvalue weighted by molar-refractivity contribution is 6.05. The van der Waals surface area contributed by atoms with E-state index >= 15 is 0 Å². The second-order valence-electron chi connectivity index (χ2n) is 9.90. The summed E-state index contributed by atoms with van der Waals surface area (Å²) in [5.41, 5.74) is 11.0. The Hall–Kier alpha value is -4.27. The molecule has 9 heteroatoms. The summed E-state index contributed by atoms with van der Waals surface area (Å²) in [5, 5.41) is 7.20. The summed E-state index contributed by atoms with van der Waals surface area (Å²) in [7, 11) is 3.31. The van der Waals surface area contributed by atoms with Gasteiger partial charge in [-0.2, -0.15) is 5.10 Å². The number of nitrogens with zero attached hydrogens (tertiary/aromatic N) is 4. The molecule has 204 valence electrons. The zero-order valence-electron chi connectivity index (χ0n) is 23.1. The SMILES string of the molecule is CC1CCCC1.COc1cccc(F)c1-c1nccc(C(=O)Nc2ccc(-c3c(C)nn(C)c3C)cc2N)n1. The van der Waals surface area contributed by atoms with Crippen LogP contribution in [0, 0.1) is 25.6 Å². The lowest BCUT2D eigenvalue weighted by molar-refractivity contribution is 0.102. The summed E-state index contributed by atoms with van der Waals surface area (Å²) in [6.45, 7) is 6.26. The lowest BCUT2D eigenvalue weighted by Gasteiger charge is -2.12. The van der Waals surface area contributed by atoms with Crippen molar-refractivity contribution in [3.05, 3.63) is 71.6 Å². The number of benzene rings is 2. The fraction of sp³-hybridized carbons (Fsp3) is 0.333.